The van der Waals surface area contributed by atoms with Crippen molar-refractivity contribution in [2.24, 2.45) is 0 Å². The molecule has 3 aromatic heterocycles. The van der Waals surface area contributed by atoms with Gasteiger partial charge < -0.3 is 20.5 Å². The summed E-state index contributed by atoms with van der Waals surface area (Å²) in [5.74, 6) is 0.168. The zero-order valence-corrected chi connectivity index (χ0v) is 20.1. The van der Waals surface area contributed by atoms with Crippen molar-refractivity contribution in [3.8, 4) is 11.3 Å². The highest BCUT2D eigenvalue weighted by molar-refractivity contribution is 6.33. The molecule has 0 spiro atoms. The smallest absolute Gasteiger partial charge is 0.253 e. The molecule has 1 aromatic carbocycles. The Morgan fingerprint density at radius 1 is 1.14 bits per heavy atom. The molecule has 0 atom stereocenters. The van der Waals surface area contributed by atoms with Gasteiger partial charge in [-0.3, -0.25) is 9.59 Å². The van der Waals surface area contributed by atoms with E-state index in [4.69, 9.17) is 11.6 Å². The van der Waals surface area contributed by atoms with E-state index in [2.05, 4.69) is 37.1 Å². The number of aromatic amines is 1. The summed E-state index contributed by atoms with van der Waals surface area (Å²) in [6.45, 7) is 4.65. The molecule has 1 aliphatic heterocycles. The molecule has 36 heavy (non-hydrogen) atoms. The molecule has 0 saturated carbocycles. The summed E-state index contributed by atoms with van der Waals surface area (Å²) in [4.78, 5) is 42.7. The number of amides is 2. The van der Waals surface area contributed by atoms with Gasteiger partial charge in [0.2, 0.25) is 11.9 Å². The molecule has 5 rings (SSSR count). The lowest BCUT2D eigenvalue weighted by Crippen LogP contribution is -2.42. The predicted molar refractivity (Wildman–Crippen MR) is 140 cm³/mol. The van der Waals surface area contributed by atoms with Gasteiger partial charge in [-0.2, -0.15) is 0 Å². The fourth-order valence-electron chi connectivity index (χ4n) is 4.26. The fourth-order valence-corrected chi connectivity index (χ4v) is 4.45. The number of fused-ring (bicyclic) bond motifs is 1. The Hall–Kier alpha value is -4.24. The summed E-state index contributed by atoms with van der Waals surface area (Å²) in [5.41, 5.74) is 3.46. The number of rotatable bonds is 6. The number of aromatic nitrogens is 4. The van der Waals surface area contributed by atoms with Gasteiger partial charge in [0.05, 0.1) is 16.9 Å². The molecule has 0 bridgehead atoms. The average Bonchev–Trinajstić information content (AvgIpc) is 3.34. The molecule has 4 aromatic rings. The van der Waals surface area contributed by atoms with Crippen molar-refractivity contribution in [2.45, 2.75) is 18.9 Å². The van der Waals surface area contributed by atoms with Crippen molar-refractivity contribution >= 4 is 46.1 Å². The standard InChI is InChI=1S/C26H24ClN7O2/c1-2-22(35)31-17-7-5-16(6-8-17)25(36)34-12-9-18(10-13-34)32-26-30-15-21(27)23(33-26)20-14-29-24-19(20)4-3-11-28-24/h2-8,11,14-15,18H,1,9-10,12-13H2,(H,28,29)(H,31,35)(H,30,32,33). The maximum Gasteiger partial charge on any atom is 0.253 e. The number of hydrogen-bond donors (Lipinski definition) is 3. The van der Waals surface area contributed by atoms with Crippen LogP contribution in [0.2, 0.25) is 5.02 Å². The number of nitrogens with one attached hydrogen (secondary N) is 3. The minimum Gasteiger partial charge on any atom is -0.351 e. The number of benzene rings is 1. The van der Waals surface area contributed by atoms with Crippen LogP contribution in [-0.2, 0) is 4.79 Å². The van der Waals surface area contributed by atoms with Gasteiger partial charge in [0.15, 0.2) is 0 Å². The van der Waals surface area contributed by atoms with Crippen LogP contribution in [0.25, 0.3) is 22.3 Å². The van der Waals surface area contributed by atoms with Gasteiger partial charge in [-0.25, -0.2) is 15.0 Å². The van der Waals surface area contributed by atoms with Gasteiger partial charge >= 0.3 is 0 Å². The number of carbonyl (C=O) groups is 2. The van der Waals surface area contributed by atoms with E-state index in [1.165, 1.54) is 6.08 Å². The molecule has 0 unspecified atom stereocenters. The monoisotopic (exact) mass is 501 g/mol. The van der Waals surface area contributed by atoms with E-state index < -0.39 is 0 Å². The van der Waals surface area contributed by atoms with Crippen LogP contribution < -0.4 is 10.6 Å². The molecule has 2 amide bonds. The molecule has 3 N–H and O–H groups in total. The third kappa shape index (κ3) is 4.92. The largest absolute Gasteiger partial charge is 0.351 e. The van der Waals surface area contributed by atoms with Crippen LogP contribution >= 0.6 is 11.6 Å². The van der Waals surface area contributed by atoms with Crippen LogP contribution in [0.5, 0.6) is 0 Å². The van der Waals surface area contributed by atoms with E-state index in [-0.39, 0.29) is 17.9 Å². The van der Waals surface area contributed by atoms with Crippen LogP contribution in [0.1, 0.15) is 23.2 Å². The third-order valence-electron chi connectivity index (χ3n) is 6.15. The highest BCUT2D eigenvalue weighted by atomic mass is 35.5. The first-order valence-electron chi connectivity index (χ1n) is 11.6. The van der Waals surface area contributed by atoms with E-state index in [1.54, 1.807) is 36.7 Å². The number of carbonyl (C=O) groups excluding carboxylic acids is 2. The molecule has 182 valence electrons. The number of nitrogens with zero attached hydrogens (tertiary/aromatic N) is 4. The van der Waals surface area contributed by atoms with Gasteiger partial charge in [0.25, 0.3) is 5.91 Å². The van der Waals surface area contributed by atoms with Gasteiger partial charge in [-0.05, 0) is 55.3 Å². The maximum absolute atomic E-state index is 12.9. The van der Waals surface area contributed by atoms with Gasteiger partial charge in [-0.15, -0.1) is 0 Å². The summed E-state index contributed by atoms with van der Waals surface area (Å²) in [5, 5.41) is 7.47. The molecule has 9 nitrogen and oxygen atoms in total. The van der Waals surface area contributed by atoms with Crippen molar-refractivity contribution in [3.63, 3.8) is 0 Å². The van der Waals surface area contributed by atoms with Crippen LogP contribution in [0.3, 0.4) is 0 Å². The summed E-state index contributed by atoms with van der Waals surface area (Å²) >= 11 is 6.43. The van der Waals surface area contributed by atoms with Gasteiger partial charge in [0, 0.05) is 53.7 Å². The van der Waals surface area contributed by atoms with Crippen LogP contribution in [0.4, 0.5) is 11.6 Å². The Labute approximate surface area is 212 Å². The molecule has 1 saturated heterocycles. The van der Waals surface area contributed by atoms with Crippen LogP contribution in [-0.4, -0.2) is 55.8 Å². The Morgan fingerprint density at radius 3 is 2.67 bits per heavy atom. The quantitative estimate of drug-likeness (QED) is 0.335. The highest BCUT2D eigenvalue weighted by Crippen LogP contribution is 2.32. The third-order valence-corrected chi connectivity index (χ3v) is 6.43. The van der Waals surface area contributed by atoms with E-state index in [9.17, 15) is 9.59 Å². The Balaban J connectivity index is 1.21. The number of piperidine rings is 1. The second kappa shape index (κ2) is 10.2. The number of likely N-dealkylation sites (tertiary alicyclic amines) is 1. The Kier molecular flexibility index (Phi) is 6.64. The van der Waals surface area contributed by atoms with Crippen molar-refractivity contribution in [3.05, 3.63) is 78.2 Å². The minimum absolute atomic E-state index is 0.0342. The molecule has 10 heteroatoms. The first kappa shape index (κ1) is 23.5. The van der Waals surface area contributed by atoms with Crippen molar-refractivity contribution < 1.29 is 9.59 Å². The highest BCUT2D eigenvalue weighted by Gasteiger charge is 2.24. The lowest BCUT2D eigenvalue weighted by molar-refractivity contribution is -0.111. The second-order valence-electron chi connectivity index (χ2n) is 8.47. The SMILES string of the molecule is C=CC(=O)Nc1ccc(C(=O)N2CCC(Nc3ncc(Cl)c(-c4c[nH]c5ncccc45)n3)CC2)cc1. The van der Waals surface area contributed by atoms with Crippen molar-refractivity contribution in [1.82, 2.24) is 24.8 Å². The van der Waals surface area contributed by atoms with E-state index in [0.717, 1.165) is 29.4 Å². The first-order valence-corrected chi connectivity index (χ1v) is 11.9. The number of H-pyrrole nitrogens is 1. The van der Waals surface area contributed by atoms with Gasteiger partial charge in [-0.1, -0.05) is 18.2 Å². The molecule has 1 aliphatic rings. The van der Waals surface area contributed by atoms with Crippen LogP contribution in [0, 0.1) is 0 Å². The maximum atomic E-state index is 12.9. The van der Waals surface area contributed by atoms with Gasteiger partial charge in [0.1, 0.15) is 5.65 Å². The van der Waals surface area contributed by atoms with Crippen molar-refractivity contribution in [2.75, 3.05) is 23.7 Å². The average molecular weight is 502 g/mol. The normalized spacial score (nSPS) is 14.0. The molecule has 4 heterocycles. The molecule has 0 radical (unpaired) electrons. The first-order chi connectivity index (χ1) is 17.5. The summed E-state index contributed by atoms with van der Waals surface area (Å²) in [7, 11) is 0. The molecule has 1 fully saturated rings. The summed E-state index contributed by atoms with van der Waals surface area (Å²) in [6.07, 6.45) is 7.90. The fraction of sp³-hybridized carbons (Fsp3) is 0.192. The Bertz CT molecular complexity index is 1430. The molecular formula is C26H24ClN7O2. The molecule has 0 aliphatic carbocycles. The summed E-state index contributed by atoms with van der Waals surface area (Å²) < 4.78 is 0. The second-order valence-corrected chi connectivity index (χ2v) is 8.88. The molecular weight excluding hydrogens is 478 g/mol. The lowest BCUT2D eigenvalue weighted by Gasteiger charge is -2.32. The number of hydrogen-bond acceptors (Lipinski definition) is 6. The lowest BCUT2D eigenvalue weighted by atomic mass is 10.0. The van der Waals surface area contributed by atoms with E-state index in [1.807, 2.05) is 23.2 Å². The van der Waals surface area contributed by atoms with Crippen LogP contribution in [0.15, 0.2) is 67.6 Å². The number of anilines is 2. The zero-order valence-electron chi connectivity index (χ0n) is 19.4. The number of halogens is 1. The zero-order chi connectivity index (χ0) is 25.1. The minimum atomic E-state index is -0.293. The topological polar surface area (TPSA) is 116 Å². The predicted octanol–water partition coefficient (Wildman–Crippen LogP) is 4.51. The van der Waals surface area contributed by atoms with E-state index in [0.29, 0.717) is 41.0 Å². The Morgan fingerprint density at radius 2 is 1.92 bits per heavy atom. The van der Waals surface area contributed by atoms with E-state index >= 15 is 0 Å². The summed E-state index contributed by atoms with van der Waals surface area (Å²) in [6, 6.07) is 10.8. The van der Waals surface area contributed by atoms with Crippen molar-refractivity contribution in [1.29, 1.82) is 0 Å². The number of pyridine rings is 1.